The summed E-state index contributed by atoms with van der Waals surface area (Å²) >= 11 is 15.0. The van der Waals surface area contributed by atoms with Crippen molar-refractivity contribution in [2.45, 2.75) is 3.91 Å². The van der Waals surface area contributed by atoms with E-state index in [4.69, 9.17) is 22.4 Å². The van der Waals surface area contributed by atoms with E-state index in [0.717, 1.165) is 3.91 Å². The van der Waals surface area contributed by atoms with Crippen LogP contribution >= 0.6 is 78.3 Å². The summed E-state index contributed by atoms with van der Waals surface area (Å²) in [6, 6.07) is 0. The first-order chi connectivity index (χ1) is 5.62. The molecule has 0 bridgehead atoms. The Morgan fingerprint density at radius 1 is 1.42 bits per heavy atom. The minimum Gasteiger partial charge on any atom is -0.110 e. The SMILES string of the molecule is S=S(=S)(SSSSS)S12#SC1S2. The Balaban J connectivity index is 1.92. The molecular formula is CH2S11. The zero-order valence-electron chi connectivity index (χ0n) is 5.11. The molecule has 0 nitrogen and oxygen atoms in total. The second-order valence-electron chi connectivity index (χ2n) is 1.66. The van der Waals surface area contributed by atoms with Crippen LogP contribution in [0.3, 0.4) is 0 Å². The van der Waals surface area contributed by atoms with Crippen LogP contribution in [0.25, 0.3) is 0 Å². The lowest BCUT2D eigenvalue weighted by molar-refractivity contribution is 2.25. The van der Waals surface area contributed by atoms with Gasteiger partial charge >= 0.3 is 0 Å². The second-order valence-corrected chi connectivity index (χ2v) is 31.0. The third-order valence-electron chi connectivity index (χ3n) is 1.04. The van der Waals surface area contributed by atoms with Gasteiger partial charge in [0.15, 0.2) is 0 Å². The molecule has 2 unspecified atom stereocenters. The van der Waals surface area contributed by atoms with Crippen LogP contribution in [0.1, 0.15) is 0 Å². The maximum atomic E-state index is 5.49. The molecule has 0 aromatic heterocycles. The molecule has 1 saturated heterocycles. The molecule has 2 aliphatic heterocycles. The largest absolute Gasteiger partial charge is 0.143 e. The van der Waals surface area contributed by atoms with Crippen LogP contribution < -0.4 is 0 Å². The van der Waals surface area contributed by atoms with E-state index in [9.17, 15) is 0 Å². The molecule has 12 heavy (non-hydrogen) atoms. The van der Waals surface area contributed by atoms with Crippen molar-refractivity contribution >= 4 is 106 Å². The lowest BCUT2D eigenvalue weighted by Gasteiger charge is -2.03. The summed E-state index contributed by atoms with van der Waals surface area (Å²) in [5, 5.41) is -1.20. The summed E-state index contributed by atoms with van der Waals surface area (Å²) in [5.74, 6) is 0. The van der Waals surface area contributed by atoms with Gasteiger partial charge in [0, 0.05) is 24.9 Å². The van der Waals surface area contributed by atoms with E-state index in [-0.39, 0.29) is 0 Å². The quantitative estimate of drug-likeness (QED) is 0.323. The van der Waals surface area contributed by atoms with Gasteiger partial charge in [-0.1, -0.05) is 22.5 Å². The summed E-state index contributed by atoms with van der Waals surface area (Å²) in [6.45, 7) is 0. The Morgan fingerprint density at radius 3 is 2.42 bits per heavy atom. The van der Waals surface area contributed by atoms with Gasteiger partial charge in [0.25, 0.3) is 0 Å². The fourth-order valence-electron chi connectivity index (χ4n) is 0.470. The average Bonchev–Trinajstić information content (AvgIpc) is 2.70. The molecule has 0 aromatic carbocycles. The van der Waals surface area contributed by atoms with Gasteiger partial charge in [-0.05, 0) is 48.5 Å². The highest BCUT2D eigenvalue weighted by Gasteiger charge is 2.58. The smallest absolute Gasteiger partial charge is 0.110 e. The third-order valence-corrected chi connectivity index (χ3v) is 42.7. The van der Waals surface area contributed by atoms with Crippen molar-refractivity contribution < 1.29 is 0 Å². The number of fused-ring (bicyclic) bond motifs is 1. The predicted molar refractivity (Wildman–Crippen MR) is 88.0 cm³/mol. The van der Waals surface area contributed by atoms with Crippen molar-refractivity contribution in [3.05, 3.63) is 0 Å². The Bertz CT molecular complexity index is 395. The predicted octanol–water partition coefficient (Wildman–Crippen LogP) is 4.83. The van der Waals surface area contributed by atoms with Crippen LogP contribution in [0.15, 0.2) is 0 Å². The highest BCUT2D eigenvalue weighted by atomic mass is 34.1. The molecule has 11 heteroatoms. The molecule has 1 fully saturated rings. The van der Waals surface area contributed by atoms with Crippen LogP contribution in [-0.4, -0.2) is 3.91 Å². The maximum Gasteiger partial charge on any atom is 0.143 e. The number of hydrogen-bond acceptors (Lipinski definition) is 8. The van der Waals surface area contributed by atoms with Crippen LogP contribution in [0.2, 0.25) is 0 Å². The first-order valence-corrected chi connectivity index (χ1v) is 17.3. The van der Waals surface area contributed by atoms with Crippen molar-refractivity contribution in [3.8, 4) is 0 Å². The van der Waals surface area contributed by atoms with Crippen molar-refractivity contribution in [1.29, 1.82) is 0 Å². The van der Waals surface area contributed by atoms with Gasteiger partial charge in [-0.3, -0.25) is 0 Å². The summed E-state index contributed by atoms with van der Waals surface area (Å²) in [6.07, 6.45) is -0.525. The molecule has 2 atom stereocenters. The van der Waals surface area contributed by atoms with Gasteiger partial charge in [-0.2, -0.15) is 0 Å². The highest BCUT2D eigenvalue weighted by Crippen LogP contribution is 2.96. The van der Waals surface area contributed by atoms with E-state index in [2.05, 4.69) is 11.7 Å². The zero-order valence-corrected chi connectivity index (χ0v) is 14.2. The van der Waals surface area contributed by atoms with E-state index in [1.54, 1.807) is 29.5 Å². The summed E-state index contributed by atoms with van der Waals surface area (Å²) in [5.41, 5.74) is 0. The average molecular weight is 367 g/mol. The van der Waals surface area contributed by atoms with Crippen LogP contribution in [0, 0.1) is 0 Å². The molecule has 0 N–H and O–H groups in total. The van der Waals surface area contributed by atoms with Gasteiger partial charge in [0.05, 0.1) is 0 Å². The van der Waals surface area contributed by atoms with Crippen LogP contribution in [-0.2, 0) is 27.6 Å². The topological polar surface area (TPSA) is 0 Å². The summed E-state index contributed by atoms with van der Waals surface area (Å²) in [4.78, 5) is 0. The maximum absolute atomic E-state index is 5.49. The van der Waals surface area contributed by atoms with Crippen LogP contribution in [0.5, 0.6) is 0 Å². The van der Waals surface area contributed by atoms with Crippen molar-refractivity contribution in [3.63, 3.8) is 0 Å². The first kappa shape index (κ1) is 11.9. The van der Waals surface area contributed by atoms with Crippen molar-refractivity contribution in [2.75, 3.05) is 0 Å². The van der Waals surface area contributed by atoms with Gasteiger partial charge in [-0.15, -0.1) is 10.1 Å². The third kappa shape index (κ3) is 2.25. The molecule has 0 amide bonds. The Labute approximate surface area is 108 Å². The molecule has 2 aliphatic rings. The number of hydrogen-bond donors (Lipinski definition) is 1. The number of rotatable bonds is 4. The molecule has 0 spiro atoms. The van der Waals surface area contributed by atoms with E-state index < -0.39 is 11.6 Å². The van der Waals surface area contributed by atoms with Crippen molar-refractivity contribution in [1.82, 2.24) is 0 Å². The Morgan fingerprint density at radius 2 is 2.00 bits per heavy atom. The van der Waals surface area contributed by atoms with E-state index in [1.807, 2.05) is 20.9 Å². The second kappa shape index (κ2) is 4.38. The molecule has 72 valence electrons. The minimum atomic E-state index is -1.20. The molecule has 0 aromatic rings. The first-order valence-electron chi connectivity index (χ1n) is 2.39. The standard InChI is InChI=1S/CH2S11/c2-7-8-9-10-12(3,4)11-1(5-11)6-11/h1-2H. The van der Waals surface area contributed by atoms with E-state index in [1.165, 1.54) is 9.83 Å². The minimum absolute atomic E-state index is 0.525. The molecule has 2 rings (SSSR count). The van der Waals surface area contributed by atoms with Crippen LogP contribution in [0.4, 0.5) is 0 Å². The highest BCUT2D eigenvalue weighted by molar-refractivity contribution is 9.66. The number of thiol groups is 1. The monoisotopic (exact) mass is 366 g/mol. The van der Waals surface area contributed by atoms with Gasteiger partial charge in [0.2, 0.25) is 0 Å². The van der Waals surface area contributed by atoms with Gasteiger partial charge < -0.3 is 0 Å². The molecule has 0 saturated carbocycles. The van der Waals surface area contributed by atoms with Gasteiger partial charge in [0.1, 0.15) is 3.91 Å². The zero-order chi connectivity index (χ0) is 8.82. The van der Waals surface area contributed by atoms with Crippen molar-refractivity contribution in [2.24, 2.45) is 0 Å². The van der Waals surface area contributed by atoms with Gasteiger partial charge in [-0.25, -0.2) is 0 Å². The normalized spacial score (nSPS) is 36.9. The fraction of sp³-hybridized carbons (Fsp3) is 1.00. The Hall–Kier alpha value is 3.46. The molecule has 0 radical (unpaired) electrons. The fourth-order valence-corrected chi connectivity index (χ4v) is 46.5. The van der Waals surface area contributed by atoms with E-state index in [0.29, 0.717) is 0 Å². The molecule has 2 heterocycles. The lowest BCUT2D eigenvalue weighted by Crippen LogP contribution is -1.73. The Kier molecular flexibility index (Phi) is 4.35. The lowest BCUT2D eigenvalue weighted by atomic mass is 11.9. The van der Waals surface area contributed by atoms with E-state index >= 15 is 0 Å². The summed E-state index contributed by atoms with van der Waals surface area (Å²) in [7, 11) is 10.6. The molecular weight excluding hydrogens is 365 g/mol. The summed E-state index contributed by atoms with van der Waals surface area (Å²) < 4.78 is 0.837. The molecule has 0 aliphatic carbocycles.